The second-order valence-corrected chi connectivity index (χ2v) is 7.22. The summed E-state index contributed by atoms with van der Waals surface area (Å²) >= 11 is 0. The molecule has 140 valence electrons. The molecule has 0 bridgehead atoms. The van der Waals surface area contributed by atoms with Gasteiger partial charge in [-0.2, -0.15) is 10.2 Å². The van der Waals surface area contributed by atoms with Gasteiger partial charge in [-0.15, -0.1) is 0 Å². The van der Waals surface area contributed by atoms with Crippen LogP contribution in [0.15, 0.2) is 12.3 Å². The fourth-order valence-corrected chi connectivity index (χ4v) is 3.71. The minimum absolute atomic E-state index is 0.0791. The molecule has 8 heteroatoms. The zero-order valence-corrected chi connectivity index (χ0v) is 15.4. The molecule has 2 aliphatic rings. The number of methoxy groups -OCH3 is 1. The molecule has 0 spiro atoms. The molecule has 1 aliphatic heterocycles. The van der Waals surface area contributed by atoms with Gasteiger partial charge in [0, 0.05) is 51.0 Å². The molecule has 1 N–H and O–H groups in total. The van der Waals surface area contributed by atoms with Gasteiger partial charge in [0.25, 0.3) is 0 Å². The number of carbonyl (C=O) groups is 1. The maximum Gasteiger partial charge on any atom is 0.246 e. The molecule has 1 amide bonds. The number of nitrogens with one attached hydrogen (secondary N) is 1. The van der Waals surface area contributed by atoms with Gasteiger partial charge in [-0.1, -0.05) is 0 Å². The zero-order valence-electron chi connectivity index (χ0n) is 15.4. The summed E-state index contributed by atoms with van der Waals surface area (Å²) in [4.78, 5) is 14.0. The standard InChI is InChI=1S/C18H26N6O2/c1-22-18(13-3-4-13)14(8-20-22)10-23-5-6-24-16(11-23)7-15(21-24)9-19-17(25)12-26-2/h7-8,13H,3-6,9-12H2,1-2H3,(H,19,25). The predicted molar refractivity (Wildman–Crippen MR) is 95.2 cm³/mol. The lowest BCUT2D eigenvalue weighted by molar-refractivity contribution is -0.124. The molecular formula is C18H26N6O2. The molecular weight excluding hydrogens is 332 g/mol. The quantitative estimate of drug-likeness (QED) is 0.791. The van der Waals surface area contributed by atoms with Gasteiger partial charge in [0.1, 0.15) is 6.61 Å². The summed E-state index contributed by atoms with van der Waals surface area (Å²) in [6.45, 7) is 4.18. The molecule has 3 heterocycles. The van der Waals surface area contributed by atoms with Gasteiger partial charge in [-0.3, -0.25) is 19.1 Å². The summed E-state index contributed by atoms with van der Waals surface area (Å²) in [7, 11) is 3.56. The van der Waals surface area contributed by atoms with Crippen LogP contribution in [-0.2, 0) is 42.8 Å². The van der Waals surface area contributed by atoms with E-state index >= 15 is 0 Å². The molecule has 2 aromatic heterocycles. The molecule has 8 nitrogen and oxygen atoms in total. The summed E-state index contributed by atoms with van der Waals surface area (Å²) in [5.41, 5.74) is 4.86. The van der Waals surface area contributed by atoms with E-state index in [4.69, 9.17) is 4.74 Å². The first-order valence-electron chi connectivity index (χ1n) is 9.18. The van der Waals surface area contributed by atoms with E-state index in [1.54, 1.807) is 0 Å². The van der Waals surface area contributed by atoms with Crippen molar-refractivity contribution in [2.24, 2.45) is 7.05 Å². The van der Waals surface area contributed by atoms with Crippen LogP contribution in [0.5, 0.6) is 0 Å². The number of hydrogen-bond acceptors (Lipinski definition) is 5. The molecule has 4 rings (SSSR count). The Hall–Kier alpha value is -2.19. The molecule has 1 fully saturated rings. The summed E-state index contributed by atoms with van der Waals surface area (Å²) < 4.78 is 8.92. The van der Waals surface area contributed by atoms with E-state index in [-0.39, 0.29) is 12.5 Å². The van der Waals surface area contributed by atoms with Gasteiger partial charge in [-0.05, 0) is 18.9 Å². The Kier molecular flexibility index (Phi) is 4.78. The number of fused-ring (bicyclic) bond motifs is 1. The maximum atomic E-state index is 11.5. The Bertz CT molecular complexity index is 792. The van der Waals surface area contributed by atoms with Crippen molar-refractivity contribution in [3.8, 4) is 0 Å². The number of aryl methyl sites for hydroxylation is 1. The van der Waals surface area contributed by atoms with Crippen molar-refractivity contribution in [2.75, 3.05) is 20.3 Å². The maximum absolute atomic E-state index is 11.5. The second kappa shape index (κ2) is 7.20. The Morgan fingerprint density at radius 2 is 2.23 bits per heavy atom. The summed E-state index contributed by atoms with van der Waals surface area (Å²) in [5, 5.41) is 11.9. The molecule has 0 atom stereocenters. The largest absolute Gasteiger partial charge is 0.375 e. The van der Waals surface area contributed by atoms with Crippen LogP contribution in [0, 0.1) is 0 Å². The zero-order chi connectivity index (χ0) is 18.1. The van der Waals surface area contributed by atoms with Crippen LogP contribution in [0.4, 0.5) is 0 Å². The van der Waals surface area contributed by atoms with E-state index in [1.165, 1.54) is 36.9 Å². The second-order valence-electron chi connectivity index (χ2n) is 7.22. The lowest BCUT2D eigenvalue weighted by Crippen LogP contribution is -2.33. The van der Waals surface area contributed by atoms with Gasteiger partial charge >= 0.3 is 0 Å². The molecule has 2 aromatic rings. The summed E-state index contributed by atoms with van der Waals surface area (Å²) in [6.07, 6.45) is 4.60. The lowest BCUT2D eigenvalue weighted by atomic mass is 10.1. The molecule has 26 heavy (non-hydrogen) atoms. The van der Waals surface area contributed by atoms with Crippen LogP contribution >= 0.6 is 0 Å². The van der Waals surface area contributed by atoms with Gasteiger partial charge in [0.15, 0.2) is 0 Å². The van der Waals surface area contributed by atoms with E-state index in [2.05, 4.69) is 31.2 Å². The van der Waals surface area contributed by atoms with Crippen molar-refractivity contribution in [1.29, 1.82) is 0 Å². The van der Waals surface area contributed by atoms with Crippen molar-refractivity contribution in [3.63, 3.8) is 0 Å². The van der Waals surface area contributed by atoms with Crippen LogP contribution < -0.4 is 5.32 Å². The van der Waals surface area contributed by atoms with Gasteiger partial charge in [-0.25, -0.2) is 0 Å². The molecule has 0 radical (unpaired) electrons. The highest BCUT2D eigenvalue weighted by Gasteiger charge is 2.30. The number of ether oxygens (including phenoxy) is 1. The molecule has 0 aromatic carbocycles. The van der Waals surface area contributed by atoms with E-state index in [9.17, 15) is 4.79 Å². The van der Waals surface area contributed by atoms with Crippen molar-refractivity contribution < 1.29 is 9.53 Å². The van der Waals surface area contributed by atoms with Crippen LogP contribution in [-0.4, -0.2) is 50.6 Å². The van der Waals surface area contributed by atoms with E-state index in [1.807, 2.05) is 17.9 Å². The fourth-order valence-electron chi connectivity index (χ4n) is 3.71. The number of amides is 1. The summed E-state index contributed by atoms with van der Waals surface area (Å²) in [5.74, 6) is 0.583. The number of aromatic nitrogens is 4. The predicted octanol–water partition coefficient (Wildman–Crippen LogP) is 0.772. The van der Waals surface area contributed by atoms with E-state index in [0.717, 1.165) is 31.9 Å². The van der Waals surface area contributed by atoms with Crippen LogP contribution in [0.25, 0.3) is 0 Å². The van der Waals surface area contributed by atoms with Crippen LogP contribution in [0.1, 0.15) is 41.4 Å². The molecule has 0 unspecified atom stereocenters. The Labute approximate surface area is 153 Å². The van der Waals surface area contributed by atoms with E-state index in [0.29, 0.717) is 12.5 Å². The Morgan fingerprint density at radius 1 is 1.38 bits per heavy atom. The molecule has 1 aliphatic carbocycles. The monoisotopic (exact) mass is 358 g/mol. The number of nitrogens with zero attached hydrogens (tertiary/aromatic N) is 5. The van der Waals surface area contributed by atoms with Crippen molar-refractivity contribution in [2.45, 2.75) is 44.9 Å². The topological polar surface area (TPSA) is 77.2 Å². The normalized spacial score (nSPS) is 17.3. The van der Waals surface area contributed by atoms with Crippen LogP contribution in [0.3, 0.4) is 0 Å². The lowest BCUT2D eigenvalue weighted by Gasteiger charge is -2.27. The molecule has 0 saturated heterocycles. The highest BCUT2D eigenvalue weighted by atomic mass is 16.5. The third kappa shape index (κ3) is 3.66. The minimum Gasteiger partial charge on any atom is -0.375 e. The van der Waals surface area contributed by atoms with Crippen molar-refractivity contribution in [1.82, 2.24) is 29.8 Å². The van der Waals surface area contributed by atoms with Crippen molar-refractivity contribution >= 4 is 5.91 Å². The summed E-state index contributed by atoms with van der Waals surface area (Å²) in [6, 6.07) is 2.09. The van der Waals surface area contributed by atoms with Gasteiger partial charge < -0.3 is 10.1 Å². The number of hydrogen-bond donors (Lipinski definition) is 1. The number of rotatable bonds is 7. The smallest absolute Gasteiger partial charge is 0.246 e. The first-order chi connectivity index (χ1) is 12.6. The minimum atomic E-state index is -0.121. The van der Waals surface area contributed by atoms with Gasteiger partial charge in [0.2, 0.25) is 5.91 Å². The average molecular weight is 358 g/mol. The van der Waals surface area contributed by atoms with Gasteiger partial charge in [0.05, 0.1) is 30.7 Å². The average Bonchev–Trinajstić information content (AvgIpc) is 3.26. The Morgan fingerprint density at radius 3 is 3.00 bits per heavy atom. The van der Waals surface area contributed by atoms with Crippen molar-refractivity contribution in [3.05, 3.63) is 34.9 Å². The third-order valence-electron chi connectivity index (χ3n) is 5.09. The fraction of sp³-hybridized carbons (Fsp3) is 0.611. The highest BCUT2D eigenvalue weighted by Crippen LogP contribution is 2.41. The first kappa shape index (κ1) is 17.2. The van der Waals surface area contributed by atoms with Crippen LogP contribution in [0.2, 0.25) is 0 Å². The van der Waals surface area contributed by atoms with E-state index < -0.39 is 0 Å². The Balaban J connectivity index is 1.38. The highest BCUT2D eigenvalue weighted by molar-refractivity contribution is 5.77. The molecule has 1 saturated carbocycles. The SMILES string of the molecule is COCC(=O)NCc1cc2n(n1)CCN(Cc1cnn(C)c1C1CC1)C2. The third-order valence-corrected chi connectivity index (χ3v) is 5.09. The number of carbonyl (C=O) groups excluding carboxylic acids is 1. The first-order valence-corrected chi connectivity index (χ1v) is 9.18.